The number of aromatic amines is 1. The van der Waals surface area contributed by atoms with Crippen LogP contribution in [0.3, 0.4) is 0 Å². The molecule has 1 N–H and O–H groups in total. The molecule has 1 unspecified atom stereocenters. The second-order valence-corrected chi connectivity index (χ2v) is 9.23. The third-order valence-electron chi connectivity index (χ3n) is 6.10. The van der Waals surface area contributed by atoms with Crippen LogP contribution in [0, 0.1) is 6.92 Å². The smallest absolute Gasteiger partial charge is 0.348 e. The number of carbonyl (C=O) groups is 1. The van der Waals surface area contributed by atoms with E-state index in [-0.39, 0.29) is 11.6 Å². The highest BCUT2D eigenvalue weighted by Crippen LogP contribution is 2.29. The van der Waals surface area contributed by atoms with Crippen LogP contribution in [0.2, 0.25) is 0 Å². The summed E-state index contributed by atoms with van der Waals surface area (Å²) in [4.78, 5) is 38.7. The van der Waals surface area contributed by atoms with E-state index >= 15 is 0 Å². The van der Waals surface area contributed by atoms with E-state index in [0.29, 0.717) is 33.1 Å². The van der Waals surface area contributed by atoms with Gasteiger partial charge in [0, 0.05) is 26.2 Å². The van der Waals surface area contributed by atoms with Crippen LogP contribution in [0.4, 0.5) is 0 Å². The van der Waals surface area contributed by atoms with Gasteiger partial charge < -0.3 is 9.72 Å². The van der Waals surface area contributed by atoms with Crippen molar-refractivity contribution in [3.8, 4) is 0 Å². The van der Waals surface area contributed by atoms with E-state index in [1.165, 1.54) is 16.9 Å². The van der Waals surface area contributed by atoms with Crippen LogP contribution in [0.5, 0.6) is 0 Å². The van der Waals surface area contributed by atoms with Crippen molar-refractivity contribution in [2.45, 2.75) is 39.8 Å². The second-order valence-electron chi connectivity index (χ2n) is 8.24. The molecule has 32 heavy (non-hydrogen) atoms. The molecule has 3 heterocycles. The number of hydrogen-bond acceptors (Lipinski definition) is 7. The number of fused-ring (bicyclic) bond motifs is 1. The zero-order chi connectivity index (χ0) is 22.7. The molecule has 4 rings (SSSR count). The lowest BCUT2D eigenvalue weighted by Crippen LogP contribution is -2.33. The third kappa shape index (κ3) is 4.77. The number of thiophene rings is 1. The molecule has 8 heteroatoms. The number of aromatic nitrogens is 2. The summed E-state index contributed by atoms with van der Waals surface area (Å²) in [5.41, 5.74) is 1.78. The predicted octanol–water partition coefficient (Wildman–Crippen LogP) is 3.74. The molecule has 0 aliphatic carbocycles. The monoisotopic (exact) mass is 454 g/mol. The highest BCUT2D eigenvalue weighted by Gasteiger charge is 2.25. The number of aryl methyl sites for hydroxylation is 1. The topological polar surface area (TPSA) is 78.5 Å². The lowest BCUT2D eigenvalue weighted by atomic mass is 10.2. The van der Waals surface area contributed by atoms with Crippen molar-refractivity contribution in [1.29, 1.82) is 0 Å². The summed E-state index contributed by atoms with van der Waals surface area (Å²) >= 11 is 1.24. The van der Waals surface area contributed by atoms with Gasteiger partial charge in [0.05, 0.1) is 18.0 Å². The molecule has 3 aromatic rings. The Kier molecular flexibility index (Phi) is 7.03. The van der Waals surface area contributed by atoms with E-state index in [9.17, 15) is 9.59 Å². The van der Waals surface area contributed by atoms with Crippen LogP contribution < -0.4 is 5.56 Å². The van der Waals surface area contributed by atoms with Crippen molar-refractivity contribution >= 4 is 27.5 Å². The van der Waals surface area contributed by atoms with Crippen molar-refractivity contribution < 1.29 is 9.53 Å². The summed E-state index contributed by atoms with van der Waals surface area (Å²) < 4.78 is 5.14. The average molecular weight is 455 g/mol. The number of carbonyl (C=O) groups excluding carboxylic acids is 1. The van der Waals surface area contributed by atoms with Crippen LogP contribution in [0.15, 0.2) is 35.1 Å². The highest BCUT2D eigenvalue weighted by molar-refractivity contribution is 7.20. The molecule has 1 atom stereocenters. The van der Waals surface area contributed by atoms with Crippen LogP contribution in [-0.2, 0) is 11.3 Å². The summed E-state index contributed by atoms with van der Waals surface area (Å²) in [6, 6.07) is 10.5. The molecule has 170 valence electrons. The molecule has 7 nitrogen and oxygen atoms in total. The number of nitrogens with one attached hydrogen (secondary N) is 1. The molecule has 1 fully saturated rings. The third-order valence-corrected chi connectivity index (χ3v) is 7.26. The Morgan fingerprint density at radius 2 is 2.00 bits per heavy atom. The van der Waals surface area contributed by atoms with E-state index < -0.39 is 5.97 Å². The molecule has 1 aromatic carbocycles. The molecule has 0 radical (unpaired) electrons. The van der Waals surface area contributed by atoms with E-state index in [4.69, 9.17) is 9.72 Å². The van der Waals surface area contributed by atoms with E-state index in [1.54, 1.807) is 13.8 Å². The van der Waals surface area contributed by atoms with E-state index in [0.717, 1.165) is 39.1 Å². The Bertz CT molecular complexity index is 1140. The average Bonchev–Trinajstić information content (AvgIpc) is 2.96. The Morgan fingerprint density at radius 1 is 1.22 bits per heavy atom. The van der Waals surface area contributed by atoms with Gasteiger partial charge in [-0.3, -0.25) is 14.6 Å². The minimum absolute atomic E-state index is 0.0165. The van der Waals surface area contributed by atoms with Gasteiger partial charge in [0.25, 0.3) is 5.56 Å². The summed E-state index contributed by atoms with van der Waals surface area (Å²) in [6.45, 7) is 10.8. The zero-order valence-corrected chi connectivity index (χ0v) is 19.7. The minimum Gasteiger partial charge on any atom is -0.462 e. The van der Waals surface area contributed by atoms with Crippen LogP contribution in [0.1, 0.15) is 52.9 Å². The maximum atomic E-state index is 12.9. The molecule has 1 saturated heterocycles. The normalized spacial score (nSPS) is 16.7. The molecular formula is C24H30N4O3S. The van der Waals surface area contributed by atoms with Gasteiger partial charge in [-0.15, -0.1) is 11.3 Å². The lowest BCUT2D eigenvalue weighted by molar-refractivity contribution is 0.0531. The summed E-state index contributed by atoms with van der Waals surface area (Å²) in [5, 5.41) is 0.485. The van der Waals surface area contributed by atoms with Gasteiger partial charge in [-0.1, -0.05) is 30.3 Å². The first-order chi connectivity index (χ1) is 15.5. The maximum absolute atomic E-state index is 12.9. The molecule has 0 amide bonds. The second kappa shape index (κ2) is 9.94. The number of rotatable bonds is 6. The largest absolute Gasteiger partial charge is 0.462 e. The molecular weight excluding hydrogens is 424 g/mol. The van der Waals surface area contributed by atoms with Gasteiger partial charge >= 0.3 is 5.97 Å². The van der Waals surface area contributed by atoms with Gasteiger partial charge in [0.2, 0.25) is 0 Å². The molecule has 1 aliphatic heterocycles. The summed E-state index contributed by atoms with van der Waals surface area (Å²) in [7, 11) is 0. The Labute approximate surface area is 192 Å². The first-order valence-corrected chi connectivity index (χ1v) is 12.0. The Hall–Kier alpha value is -2.55. The van der Waals surface area contributed by atoms with E-state index in [2.05, 4.69) is 46.0 Å². The van der Waals surface area contributed by atoms with E-state index in [1.807, 2.05) is 6.07 Å². The minimum atomic E-state index is -0.395. The van der Waals surface area contributed by atoms with Crippen molar-refractivity contribution in [3.05, 3.63) is 62.5 Å². The van der Waals surface area contributed by atoms with Gasteiger partial charge in [-0.25, -0.2) is 9.78 Å². The fraction of sp³-hybridized carbons (Fsp3) is 0.458. The summed E-state index contributed by atoms with van der Waals surface area (Å²) in [6.07, 6.45) is 1.06. The fourth-order valence-electron chi connectivity index (χ4n) is 4.30. The molecule has 0 bridgehead atoms. The maximum Gasteiger partial charge on any atom is 0.348 e. The van der Waals surface area contributed by atoms with Gasteiger partial charge in [0.1, 0.15) is 15.5 Å². The predicted molar refractivity (Wildman–Crippen MR) is 127 cm³/mol. The zero-order valence-electron chi connectivity index (χ0n) is 18.9. The highest BCUT2D eigenvalue weighted by atomic mass is 32.1. The molecule has 0 saturated carbocycles. The number of benzene rings is 1. The quantitative estimate of drug-likeness (QED) is 0.572. The Morgan fingerprint density at radius 3 is 2.75 bits per heavy atom. The summed E-state index contributed by atoms with van der Waals surface area (Å²) in [5.74, 6) is 0.253. The van der Waals surface area contributed by atoms with Crippen molar-refractivity contribution in [2.75, 3.05) is 32.8 Å². The number of hydrogen-bond donors (Lipinski definition) is 1. The first kappa shape index (κ1) is 22.6. The van der Waals surface area contributed by atoms with Crippen molar-refractivity contribution in [1.82, 2.24) is 19.8 Å². The van der Waals surface area contributed by atoms with Crippen LogP contribution >= 0.6 is 11.3 Å². The van der Waals surface area contributed by atoms with Gasteiger partial charge in [0.15, 0.2) is 0 Å². The lowest BCUT2D eigenvalue weighted by Gasteiger charge is -2.27. The number of nitrogens with zero attached hydrogens (tertiary/aromatic N) is 3. The van der Waals surface area contributed by atoms with Crippen molar-refractivity contribution in [2.24, 2.45) is 0 Å². The van der Waals surface area contributed by atoms with Crippen LogP contribution in [0.25, 0.3) is 10.2 Å². The standard InChI is InChI=1S/C24H30N4O3S/c1-4-31-24(30)20-16(2)19-22(29)25-21(26-23(19)32-20)17(3)28-12-8-11-27(13-14-28)15-18-9-6-5-7-10-18/h5-7,9-10,17H,4,8,11-15H2,1-3H3,(H,25,26,29). The fourth-order valence-corrected chi connectivity index (χ4v) is 5.38. The molecule has 0 spiro atoms. The molecule has 1 aliphatic rings. The number of ether oxygens (including phenoxy) is 1. The SMILES string of the molecule is CCOC(=O)c1sc2nc(C(C)N3CCCN(Cc4ccccc4)CC3)[nH]c(=O)c2c1C. The Balaban J connectivity index is 1.51. The first-order valence-electron chi connectivity index (χ1n) is 11.2. The molecule has 2 aromatic heterocycles. The van der Waals surface area contributed by atoms with Gasteiger partial charge in [-0.05, 0) is 44.9 Å². The number of H-pyrrole nitrogens is 1. The van der Waals surface area contributed by atoms with Crippen LogP contribution in [-0.4, -0.2) is 58.5 Å². The number of esters is 1. The van der Waals surface area contributed by atoms with Crippen molar-refractivity contribution in [3.63, 3.8) is 0 Å². The van der Waals surface area contributed by atoms with Gasteiger partial charge in [-0.2, -0.15) is 0 Å².